The zero-order valence-corrected chi connectivity index (χ0v) is 19.3. The Bertz CT molecular complexity index is 1400. The zero-order valence-electron chi connectivity index (χ0n) is 18.5. The van der Waals surface area contributed by atoms with E-state index in [4.69, 9.17) is 0 Å². The highest BCUT2D eigenvalue weighted by molar-refractivity contribution is 7.92. The fraction of sp³-hybridized carbons (Fsp3) is 0.238. The van der Waals surface area contributed by atoms with Crippen molar-refractivity contribution in [1.82, 2.24) is 15.0 Å². The van der Waals surface area contributed by atoms with Crippen molar-refractivity contribution in [3.63, 3.8) is 0 Å². The molecular formula is C21H20F3N7O3S. The Hall–Kier alpha value is -3.94. The Morgan fingerprint density at radius 3 is 2.66 bits per heavy atom. The molecule has 0 radical (unpaired) electrons. The minimum atomic E-state index is -4.71. The maximum Gasteiger partial charge on any atom is 0.421 e. The molecule has 3 N–H and O–H groups in total. The Kier molecular flexibility index (Phi) is 6.23. The molecule has 1 amide bonds. The van der Waals surface area contributed by atoms with E-state index in [2.05, 4.69) is 30.9 Å². The van der Waals surface area contributed by atoms with E-state index in [-0.39, 0.29) is 30.5 Å². The molecule has 0 bridgehead atoms. The van der Waals surface area contributed by atoms with Gasteiger partial charge in [-0.2, -0.15) is 18.2 Å². The van der Waals surface area contributed by atoms with Gasteiger partial charge in [0.05, 0.1) is 24.6 Å². The van der Waals surface area contributed by atoms with Crippen LogP contribution in [0.1, 0.15) is 16.7 Å². The van der Waals surface area contributed by atoms with Crippen molar-refractivity contribution in [2.45, 2.75) is 19.1 Å². The summed E-state index contributed by atoms with van der Waals surface area (Å²) in [5, 5.41) is 8.19. The minimum absolute atomic E-state index is 0.0820. The Labute approximate surface area is 198 Å². The quantitative estimate of drug-likeness (QED) is 0.445. The fourth-order valence-electron chi connectivity index (χ4n) is 3.34. The highest BCUT2D eigenvalue weighted by atomic mass is 32.2. The summed E-state index contributed by atoms with van der Waals surface area (Å²) in [6, 6.07) is 6.51. The molecule has 2 aromatic heterocycles. The predicted molar refractivity (Wildman–Crippen MR) is 124 cm³/mol. The second-order valence-electron chi connectivity index (χ2n) is 7.81. The van der Waals surface area contributed by atoms with E-state index in [0.29, 0.717) is 23.1 Å². The van der Waals surface area contributed by atoms with Gasteiger partial charge in [0, 0.05) is 37.4 Å². The number of pyridine rings is 1. The van der Waals surface area contributed by atoms with Crippen LogP contribution in [0.25, 0.3) is 0 Å². The molecule has 3 heterocycles. The first-order valence-corrected chi connectivity index (χ1v) is 12.0. The lowest BCUT2D eigenvalue weighted by atomic mass is 10.1. The number of anilines is 5. The average Bonchev–Trinajstić information content (AvgIpc) is 3.15. The van der Waals surface area contributed by atoms with Crippen molar-refractivity contribution in [3.8, 4) is 0 Å². The van der Waals surface area contributed by atoms with Gasteiger partial charge in [0.25, 0.3) is 0 Å². The third-order valence-electron chi connectivity index (χ3n) is 5.18. The lowest BCUT2D eigenvalue weighted by Gasteiger charge is -2.18. The molecule has 0 atom stereocenters. The molecule has 0 unspecified atom stereocenters. The van der Waals surface area contributed by atoms with E-state index >= 15 is 0 Å². The molecule has 0 saturated heterocycles. The number of benzene rings is 1. The molecule has 0 fully saturated rings. The van der Waals surface area contributed by atoms with Gasteiger partial charge in [0.2, 0.25) is 21.9 Å². The second-order valence-corrected chi connectivity index (χ2v) is 9.82. The van der Waals surface area contributed by atoms with E-state index in [1.54, 1.807) is 18.2 Å². The molecule has 1 aliphatic heterocycles. The number of fused-ring (bicyclic) bond motifs is 1. The highest BCUT2D eigenvalue weighted by Crippen LogP contribution is 2.35. The number of amides is 1. The van der Waals surface area contributed by atoms with Gasteiger partial charge in [-0.25, -0.2) is 13.4 Å². The fourth-order valence-corrected chi connectivity index (χ4v) is 3.82. The molecule has 35 heavy (non-hydrogen) atoms. The van der Waals surface area contributed by atoms with Crippen LogP contribution in [0.4, 0.5) is 42.0 Å². The lowest BCUT2D eigenvalue weighted by Crippen LogP contribution is -2.25. The number of halogens is 3. The molecule has 0 aliphatic carbocycles. The van der Waals surface area contributed by atoms with E-state index in [9.17, 15) is 26.4 Å². The first-order chi connectivity index (χ1) is 16.4. The van der Waals surface area contributed by atoms with Gasteiger partial charge in [-0.1, -0.05) is 0 Å². The van der Waals surface area contributed by atoms with Gasteiger partial charge >= 0.3 is 6.18 Å². The number of nitrogens with zero attached hydrogens (tertiary/aromatic N) is 4. The van der Waals surface area contributed by atoms with Crippen LogP contribution in [0, 0.1) is 0 Å². The van der Waals surface area contributed by atoms with Gasteiger partial charge in [0.1, 0.15) is 11.4 Å². The number of carbonyl (C=O) groups is 1. The summed E-state index contributed by atoms with van der Waals surface area (Å²) in [4.78, 5) is 23.3. The molecular weight excluding hydrogens is 487 g/mol. The monoisotopic (exact) mass is 507 g/mol. The largest absolute Gasteiger partial charge is 0.421 e. The van der Waals surface area contributed by atoms with Crippen LogP contribution < -0.4 is 20.3 Å². The topological polar surface area (TPSA) is 129 Å². The molecule has 1 aromatic carbocycles. The number of carbonyl (C=O) groups excluding carboxylic acids is 1. The third-order valence-corrected chi connectivity index (χ3v) is 6.39. The normalized spacial score (nSPS) is 13.2. The van der Waals surface area contributed by atoms with Crippen LogP contribution in [0.2, 0.25) is 0 Å². The molecule has 3 aromatic rings. The van der Waals surface area contributed by atoms with E-state index in [1.807, 2.05) is 0 Å². The van der Waals surface area contributed by atoms with E-state index in [0.717, 1.165) is 16.1 Å². The third kappa shape index (κ3) is 5.59. The molecule has 1 aliphatic rings. The second kappa shape index (κ2) is 9.02. The maximum absolute atomic E-state index is 13.6. The molecule has 0 saturated carbocycles. The first kappa shape index (κ1) is 24.2. The summed E-state index contributed by atoms with van der Waals surface area (Å²) in [5.41, 5.74) is 1.56. The van der Waals surface area contributed by atoms with Crippen molar-refractivity contribution in [1.29, 1.82) is 0 Å². The van der Waals surface area contributed by atoms with Gasteiger partial charge in [0.15, 0.2) is 0 Å². The molecule has 10 nitrogen and oxygen atoms in total. The number of rotatable bonds is 7. The van der Waals surface area contributed by atoms with Crippen molar-refractivity contribution in [2.24, 2.45) is 0 Å². The summed E-state index contributed by atoms with van der Waals surface area (Å²) in [6.07, 6.45) is -0.0804. The van der Waals surface area contributed by atoms with Crippen molar-refractivity contribution >= 4 is 44.8 Å². The number of sulfonamides is 1. The minimum Gasteiger partial charge on any atom is -0.365 e. The molecule has 4 rings (SSSR count). The van der Waals surface area contributed by atoms with Crippen molar-refractivity contribution < 1.29 is 26.4 Å². The van der Waals surface area contributed by atoms with E-state index < -0.39 is 27.6 Å². The summed E-state index contributed by atoms with van der Waals surface area (Å²) >= 11 is 0. The predicted octanol–water partition coefficient (Wildman–Crippen LogP) is 3.14. The SMILES string of the molecule is CN(c1cncc(CNc2nc(Nc3ccc4c(c3)CC(=O)N4)ncc2C(F)(F)F)c1)S(C)(=O)=O. The Morgan fingerprint density at radius 1 is 1.17 bits per heavy atom. The van der Waals surface area contributed by atoms with Gasteiger partial charge in [-0.05, 0) is 35.4 Å². The van der Waals surface area contributed by atoms with Gasteiger partial charge in [-0.3, -0.25) is 14.1 Å². The summed E-state index contributed by atoms with van der Waals surface area (Å²) < 4.78 is 65.2. The molecule has 184 valence electrons. The summed E-state index contributed by atoms with van der Waals surface area (Å²) in [7, 11) is -2.19. The lowest BCUT2D eigenvalue weighted by molar-refractivity contribution is -0.137. The highest BCUT2D eigenvalue weighted by Gasteiger charge is 2.35. The summed E-state index contributed by atoms with van der Waals surface area (Å²) in [6.45, 7) is -0.107. The van der Waals surface area contributed by atoms with Crippen LogP contribution >= 0.6 is 0 Å². The Morgan fingerprint density at radius 2 is 1.94 bits per heavy atom. The van der Waals surface area contributed by atoms with Crippen molar-refractivity contribution in [3.05, 3.63) is 59.5 Å². The van der Waals surface area contributed by atoms with Gasteiger partial charge in [-0.15, -0.1) is 0 Å². The number of hydrogen-bond acceptors (Lipinski definition) is 8. The number of aromatic nitrogens is 3. The van der Waals surface area contributed by atoms with Crippen LogP contribution in [0.5, 0.6) is 0 Å². The first-order valence-electron chi connectivity index (χ1n) is 10.2. The van der Waals surface area contributed by atoms with Crippen LogP contribution in [0.3, 0.4) is 0 Å². The van der Waals surface area contributed by atoms with E-state index in [1.165, 1.54) is 25.5 Å². The van der Waals surface area contributed by atoms with Crippen LogP contribution in [-0.4, -0.2) is 42.6 Å². The van der Waals surface area contributed by atoms with Crippen molar-refractivity contribution in [2.75, 3.05) is 33.6 Å². The number of nitrogens with one attached hydrogen (secondary N) is 3. The number of alkyl halides is 3. The Balaban J connectivity index is 1.57. The van der Waals surface area contributed by atoms with Crippen LogP contribution in [-0.2, 0) is 34.0 Å². The summed E-state index contributed by atoms with van der Waals surface area (Å²) in [5.74, 6) is -0.688. The molecule has 14 heteroatoms. The smallest absolute Gasteiger partial charge is 0.365 e. The van der Waals surface area contributed by atoms with Crippen LogP contribution in [0.15, 0.2) is 42.9 Å². The van der Waals surface area contributed by atoms with Gasteiger partial charge < -0.3 is 16.0 Å². The maximum atomic E-state index is 13.6. The standard InChI is InChI=1S/C21H20F3N7O3S/c1-31(35(2,33)34)15-5-12(8-25-10-15)9-26-19-16(21(22,23)24)11-27-20(30-19)28-14-3-4-17-13(6-14)7-18(32)29-17/h3-6,8,10-11H,7,9H2,1-2H3,(H,29,32)(H2,26,27,28,30). The average molecular weight is 507 g/mol. The zero-order chi connectivity index (χ0) is 25.4. The number of hydrogen-bond donors (Lipinski definition) is 3. The molecule has 0 spiro atoms.